The minimum atomic E-state index is 0.161. The zero-order valence-corrected chi connectivity index (χ0v) is 16.0. The SMILES string of the molecule is CCN1CC(CN(C)Cc2cnn(-c3ccccc3)c2)Oc2ccccc21. The highest BCUT2D eigenvalue weighted by atomic mass is 16.5. The molecule has 0 spiro atoms. The van der Waals surface area contributed by atoms with Crippen molar-refractivity contribution in [2.45, 2.75) is 19.6 Å². The van der Waals surface area contributed by atoms with E-state index in [2.05, 4.69) is 65.4 Å². The first-order valence-corrected chi connectivity index (χ1v) is 9.51. The molecule has 5 heteroatoms. The first-order valence-electron chi connectivity index (χ1n) is 9.51. The number of likely N-dealkylation sites (N-methyl/N-ethyl adjacent to an activating group) is 2. The van der Waals surface area contributed by atoms with Crippen LogP contribution in [0.15, 0.2) is 67.0 Å². The molecule has 1 aromatic heterocycles. The molecule has 0 amide bonds. The summed E-state index contributed by atoms with van der Waals surface area (Å²) in [5.74, 6) is 0.987. The predicted molar refractivity (Wildman–Crippen MR) is 109 cm³/mol. The molecule has 2 heterocycles. The van der Waals surface area contributed by atoms with Crippen molar-refractivity contribution in [1.29, 1.82) is 0 Å². The second-order valence-electron chi connectivity index (χ2n) is 7.07. The van der Waals surface area contributed by atoms with Crippen molar-refractivity contribution in [2.75, 3.05) is 31.6 Å². The molecule has 0 fully saturated rings. The minimum absolute atomic E-state index is 0.161. The molecule has 0 bridgehead atoms. The number of hydrogen-bond acceptors (Lipinski definition) is 4. The summed E-state index contributed by atoms with van der Waals surface area (Å²) in [7, 11) is 2.14. The van der Waals surface area contributed by atoms with E-state index in [4.69, 9.17) is 4.74 Å². The Balaban J connectivity index is 1.39. The second-order valence-corrected chi connectivity index (χ2v) is 7.07. The van der Waals surface area contributed by atoms with E-state index in [-0.39, 0.29) is 6.10 Å². The average Bonchev–Trinajstić information content (AvgIpc) is 3.16. The molecule has 1 unspecified atom stereocenters. The molecular weight excluding hydrogens is 336 g/mol. The summed E-state index contributed by atoms with van der Waals surface area (Å²) >= 11 is 0. The smallest absolute Gasteiger partial charge is 0.143 e. The molecule has 5 nitrogen and oxygen atoms in total. The van der Waals surface area contributed by atoms with Crippen molar-refractivity contribution in [3.05, 3.63) is 72.6 Å². The van der Waals surface area contributed by atoms with Gasteiger partial charge in [-0.1, -0.05) is 30.3 Å². The summed E-state index contributed by atoms with van der Waals surface area (Å²) < 4.78 is 8.17. The fourth-order valence-electron chi connectivity index (χ4n) is 3.66. The van der Waals surface area contributed by atoms with Crippen LogP contribution in [0.4, 0.5) is 5.69 Å². The number of aromatic nitrogens is 2. The van der Waals surface area contributed by atoms with Crippen LogP contribution in [-0.4, -0.2) is 47.5 Å². The Bertz CT molecular complexity index is 877. The van der Waals surface area contributed by atoms with E-state index >= 15 is 0 Å². The van der Waals surface area contributed by atoms with Gasteiger partial charge in [0.05, 0.1) is 24.1 Å². The molecule has 2 aromatic carbocycles. The molecule has 0 radical (unpaired) electrons. The molecule has 3 aromatic rings. The van der Waals surface area contributed by atoms with Gasteiger partial charge in [0.1, 0.15) is 11.9 Å². The number of nitrogens with zero attached hydrogens (tertiary/aromatic N) is 4. The average molecular weight is 362 g/mol. The summed E-state index contributed by atoms with van der Waals surface area (Å²) in [6, 6.07) is 18.5. The van der Waals surface area contributed by atoms with Gasteiger partial charge in [0, 0.05) is 31.4 Å². The van der Waals surface area contributed by atoms with Crippen molar-refractivity contribution in [1.82, 2.24) is 14.7 Å². The standard InChI is InChI=1S/C22H26N4O/c1-3-25-17-20(27-22-12-8-7-11-21(22)25)16-24(2)14-18-13-23-26(15-18)19-9-5-4-6-10-19/h4-13,15,20H,3,14,16-17H2,1-2H3. The molecule has 4 rings (SSSR count). The van der Waals surface area contributed by atoms with Crippen LogP contribution in [0.25, 0.3) is 5.69 Å². The van der Waals surface area contributed by atoms with Gasteiger partial charge in [-0.15, -0.1) is 0 Å². The number of para-hydroxylation sites is 3. The molecular formula is C22H26N4O. The van der Waals surface area contributed by atoms with Gasteiger partial charge in [-0.3, -0.25) is 4.90 Å². The largest absolute Gasteiger partial charge is 0.485 e. The molecule has 1 atom stereocenters. The monoisotopic (exact) mass is 362 g/mol. The highest BCUT2D eigenvalue weighted by molar-refractivity contribution is 5.60. The van der Waals surface area contributed by atoms with E-state index < -0.39 is 0 Å². The Morgan fingerprint density at radius 2 is 1.89 bits per heavy atom. The highest BCUT2D eigenvalue weighted by Gasteiger charge is 2.25. The van der Waals surface area contributed by atoms with Gasteiger partial charge in [0.15, 0.2) is 0 Å². The Morgan fingerprint density at radius 1 is 1.11 bits per heavy atom. The highest BCUT2D eigenvalue weighted by Crippen LogP contribution is 2.32. The van der Waals surface area contributed by atoms with Crippen LogP contribution >= 0.6 is 0 Å². The van der Waals surface area contributed by atoms with Crippen LogP contribution in [0.3, 0.4) is 0 Å². The van der Waals surface area contributed by atoms with Crippen LogP contribution in [0.2, 0.25) is 0 Å². The van der Waals surface area contributed by atoms with Gasteiger partial charge < -0.3 is 9.64 Å². The van der Waals surface area contributed by atoms with E-state index in [1.165, 1.54) is 11.3 Å². The van der Waals surface area contributed by atoms with Crippen LogP contribution in [0.1, 0.15) is 12.5 Å². The van der Waals surface area contributed by atoms with Gasteiger partial charge in [-0.25, -0.2) is 4.68 Å². The normalized spacial score (nSPS) is 16.3. The Labute approximate surface area is 160 Å². The molecule has 1 aliphatic heterocycles. The molecule has 0 aliphatic carbocycles. The topological polar surface area (TPSA) is 33.5 Å². The van der Waals surface area contributed by atoms with Gasteiger partial charge >= 0.3 is 0 Å². The van der Waals surface area contributed by atoms with Gasteiger partial charge in [-0.05, 0) is 38.2 Å². The van der Waals surface area contributed by atoms with Crippen LogP contribution in [-0.2, 0) is 6.54 Å². The predicted octanol–water partition coefficient (Wildman–Crippen LogP) is 3.59. The third-order valence-corrected chi connectivity index (χ3v) is 4.93. The molecule has 0 saturated carbocycles. The summed E-state index contributed by atoms with van der Waals surface area (Å²) in [5.41, 5.74) is 3.48. The summed E-state index contributed by atoms with van der Waals surface area (Å²) in [6.45, 7) is 5.83. The Morgan fingerprint density at radius 3 is 2.70 bits per heavy atom. The lowest BCUT2D eigenvalue weighted by atomic mass is 10.1. The number of hydrogen-bond donors (Lipinski definition) is 0. The zero-order valence-electron chi connectivity index (χ0n) is 16.0. The minimum Gasteiger partial charge on any atom is -0.485 e. The quantitative estimate of drug-likeness (QED) is 0.671. The first kappa shape index (κ1) is 17.6. The van der Waals surface area contributed by atoms with Gasteiger partial charge in [-0.2, -0.15) is 5.10 Å². The molecule has 0 N–H and O–H groups in total. The van der Waals surface area contributed by atoms with Crippen molar-refractivity contribution >= 4 is 5.69 Å². The van der Waals surface area contributed by atoms with Crippen molar-refractivity contribution in [2.24, 2.45) is 0 Å². The van der Waals surface area contributed by atoms with Crippen molar-refractivity contribution < 1.29 is 4.74 Å². The Hall–Kier alpha value is -2.79. The number of rotatable bonds is 6. The zero-order chi connectivity index (χ0) is 18.6. The van der Waals surface area contributed by atoms with E-state index in [9.17, 15) is 0 Å². The van der Waals surface area contributed by atoms with E-state index in [1.807, 2.05) is 35.1 Å². The Kier molecular flexibility index (Phi) is 5.12. The van der Waals surface area contributed by atoms with E-state index in [1.54, 1.807) is 0 Å². The van der Waals surface area contributed by atoms with Crippen LogP contribution in [0.5, 0.6) is 5.75 Å². The number of benzene rings is 2. The van der Waals surface area contributed by atoms with Crippen molar-refractivity contribution in [3.63, 3.8) is 0 Å². The molecule has 140 valence electrons. The third kappa shape index (κ3) is 3.98. The van der Waals surface area contributed by atoms with Crippen LogP contribution < -0.4 is 9.64 Å². The number of fused-ring (bicyclic) bond motifs is 1. The first-order chi connectivity index (χ1) is 13.2. The number of ether oxygens (including phenoxy) is 1. The van der Waals surface area contributed by atoms with Gasteiger partial charge in [0.2, 0.25) is 0 Å². The summed E-state index contributed by atoms with van der Waals surface area (Å²) in [5, 5.41) is 4.49. The summed E-state index contributed by atoms with van der Waals surface area (Å²) in [4.78, 5) is 4.70. The maximum absolute atomic E-state index is 6.24. The summed E-state index contributed by atoms with van der Waals surface area (Å²) in [6.07, 6.45) is 4.20. The number of anilines is 1. The third-order valence-electron chi connectivity index (χ3n) is 4.93. The molecule has 0 saturated heterocycles. The lowest BCUT2D eigenvalue weighted by Gasteiger charge is -2.37. The molecule has 1 aliphatic rings. The maximum Gasteiger partial charge on any atom is 0.143 e. The van der Waals surface area contributed by atoms with Crippen LogP contribution in [0, 0.1) is 0 Å². The van der Waals surface area contributed by atoms with Crippen molar-refractivity contribution in [3.8, 4) is 11.4 Å². The fraction of sp³-hybridized carbons (Fsp3) is 0.318. The fourth-order valence-corrected chi connectivity index (χ4v) is 3.66. The van der Waals surface area contributed by atoms with E-state index in [0.29, 0.717) is 0 Å². The second kappa shape index (κ2) is 7.84. The lowest BCUT2D eigenvalue weighted by molar-refractivity contribution is 0.140. The van der Waals surface area contributed by atoms with Gasteiger partial charge in [0.25, 0.3) is 0 Å². The maximum atomic E-state index is 6.24. The van der Waals surface area contributed by atoms with E-state index in [0.717, 1.165) is 37.6 Å². The lowest BCUT2D eigenvalue weighted by Crippen LogP contribution is -2.45. The molecule has 27 heavy (non-hydrogen) atoms.